The molecule has 0 amide bonds. The van der Waals surface area contributed by atoms with Crippen molar-refractivity contribution in [3.8, 4) is 0 Å². The molecule has 2 aromatic carbocycles. The Morgan fingerprint density at radius 2 is 1.33 bits per heavy atom. The van der Waals surface area contributed by atoms with Gasteiger partial charge in [0.2, 0.25) is 0 Å². The second kappa shape index (κ2) is 4.59. The zero-order valence-electron chi connectivity index (χ0n) is 12.2. The first-order valence-electron chi connectivity index (χ1n) is 6.45. The lowest BCUT2D eigenvalue weighted by atomic mass is 9.86. The van der Waals surface area contributed by atoms with Crippen molar-refractivity contribution in [2.24, 2.45) is 0 Å². The van der Waals surface area contributed by atoms with Gasteiger partial charge >= 0.3 is 0 Å². The Labute approximate surface area is 115 Å². The zero-order valence-corrected chi connectivity index (χ0v) is 12.9. The summed E-state index contributed by atoms with van der Waals surface area (Å²) in [4.78, 5) is 0. The molecule has 0 spiro atoms. The highest BCUT2D eigenvalue weighted by atomic mass is 35.5. The summed E-state index contributed by atoms with van der Waals surface area (Å²) in [7, 11) is 0. The monoisotopic (exact) mass is 260 g/mol. The van der Waals surface area contributed by atoms with Gasteiger partial charge in [0.1, 0.15) is 0 Å². The molecule has 0 N–H and O–H groups in total. The molecular weight excluding hydrogens is 240 g/mol. The highest BCUT2D eigenvalue weighted by Crippen LogP contribution is 2.35. The molecule has 0 saturated carbocycles. The molecule has 0 atom stereocenters. The highest BCUT2D eigenvalue weighted by molar-refractivity contribution is 6.18. The maximum absolute atomic E-state index is 6.18. The fourth-order valence-electron chi connectivity index (χ4n) is 2.87. The lowest BCUT2D eigenvalue weighted by Crippen LogP contribution is -2.00. The minimum absolute atomic E-state index is 0.589. The Kier molecular flexibility index (Phi) is 3.42. The van der Waals surface area contributed by atoms with E-state index in [1.54, 1.807) is 0 Å². The number of benzene rings is 2. The van der Waals surface area contributed by atoms with E-state index in [0.717, 1.165) is 0 Å². The first-order chi connectivity index (χ1) is 8.40. The van der Waals surface area contributed by atoms with Crippen molar-refractivity contribution in [3.05, 3.63) is 45.0 Å². The van der Waals surface area contributed by atoms with E-state index in [2.05, 4.69) is 47.6 Å². The lowest BCUT2D eigenvalue weighted by molar-refractivity contribution is 1.21. The van der Waals surface area contributed by atoms with Crippen LogP contribution in [0.15, 0.2) is 6.07 Å². The molecule has 96 valence electrons. The van der Waals surface area contributed by atoms with E-state index in [1.807, 2.05) is 0 Å². The third-order valence-corrected chi connectivity index (χ3v) is 4.84. The van der Waals surface area contributed by atoms with Crippen LogP contribution < -0.4 is 0 Å². The van der Waals surface area contributed by atoms with Crippen LogP contribution in [0.25, 0.3) is 10.8 Å². The van der Waals surface area contributed by atoms with Crippen LogP contribution in [0.5, 0.6) is 0 Å². The van der Waals surface area contributed by atoms with Gasteiger partial charge in [-0.05, 0) is 91.3 Å². The molecule has 18 heavy (non-hydrogen) atoms. The van der Waals surface area contributed by atoms with Crippen molar-refractivity contribution in [1.82, 2.24) is 0 Å². The van der Waals surface area contributed by atoms with Crippen LogP contribution >= 0.6 is 11.6 Å². The summed E-state index contributed by atoms with van der Waals surface area (Å²) < 4.78 is 0. The van der Waals surface area contributed by atoms with Crippen molar-refractivity contribution in [3.63, 3.8) is 0 Å². The maximum atomic E-state index is 6.18. The Balaban J connectivity index is 3.11. The van der Waals surface area contributed by atoms with Crippen LogP contribution in [0.1, 0.15) is 38.9 Å². The molecule has 0 unspecified atom stereocenters. The molecule has 0 bridgehead atoms. The number of rotatable bonds is 1. The van der Waals surface area contributed by atoms with Gasteiger partial charge in [-0.1, -0.05) is 6.07 Å². The molecule has 0 aliphatic carbocycles. The number of hydrogen-bond acceptors (Lipinski definition) is 0. The van der Waals surface area contributed by atoms with Gasteiger partial charge in [0, 0.05) is 5.88 Å². The second-order valence-electron chi connectivity index (χ2n) is 5.35. The summed E-state index contributed by atoms with van der Waals surface area (Å²) in [5, 5.41) is 2.74. The van der Waals surface area contributed by atoms with Crippen LogP contribution in [0.4, 0.5) is 0 Å². The van der Waals surface area contributed by atoms with Crippen LogP contribution in [-0.2, 0) is 5.88 Å². The highest BCUT2D eigenvalue weighted by Gasteiger charge is 2.14. The maximum Gasteiger partial charge on any atom is 0.0482 e. The van der Waals surface area contributed by atoms with Gasteiger partial charge in [-0.3, -0.25) is 0 Å². The van der Waals surface area contributed by atoms with Crippen molar-refractivity contribution in [2.45, 2.75) is 47.4 Å². The standard InChI is InChI=1S/C17H21Cl/c1-9-7-15-16(8-18)12(4)11(3)14(6)17(15)13(5)10(9)2/h7H,8H2,1-6H3. The Bertz CT molecular complexity index is 628. The van der Waals surface area contributed by atoms with Crippen LogP contribution in [0.3, 0.4) is 0 Å². The fourth-order valence-corrected chi connectivity index (χ4v) is 3.22. The van der Waals surface area contributed by atoms with E-state index in [-0.39, 0.29) is 0 Å². The molecule has 0 aliphatic rings. The predicted molar refractivity (Wildman–Crippen MR) is 81.9 cm³/mol. The van der Waals surface area contributed by atoms with Crippen molar-refractivity contribution in [1.29, 1.82) is 0 Å². The first kappa shape index (κ1) is 13.4. The van der Waals surface area contributed by atoms with Gasteiger partial charge in [-0.25, -0.2) is 0 Å². The molecule has 2 aromatic rings. The number of fused-ring (bicyclic) bond motifs is 1. The number of halogens is 1. The van der Waals surface area contributed by atoms with Gasteiger partial charge in [-0.2, -0.15) is 0 Å². The molecule has 0 nitrogen and oxygen atoms in total. The van der Waals surface area contributed by atoms with Crippen LogP contribution in [0.2, 0.25) is 0 Å². The molecule has 1 heteroatoms. The predicted octanol–water partition coefficient (Wildman–Crippen LogP) is 5.43. The largest absolute Gasteiger partial charge is 0.122 e. The minimum Gasteiger partial charge on any atom is -0.122 e. The third kappa shape index (κ3) is 1.75. The topological polar surface area (TPSA) is 0 Å². The van der Waals surface area contributed by atoms with E-state index < -0.39 is 0 Å². The van der Waals surface area contributed by atoms with E-state index in [4.69, 9.17) is 11.6 Å². The van der Waals surface area contributed by atoms with E-state index in [0.29, 0.717) is 5.88 Å². The second-order valence-corrected chi connectivity index (χ2v) is 5.62. The summed E-state index contributed by atoms with van der Waals surface area (Å²) in [5.41, 5.74) is 9.57. The van der Waals surface area contributed by atoms with E-state index in [1.165, 1.54) is 49.7 Å². The molecule has 0 fully saturated rings. The summed E-state index contributed by atoms with van der Waals surface area (Å²) in [6, 6.07) is 2.30. The van der Waals surface area contributed by atoms with Crippen molar-refractivity contribution in [2.75, 3.05) is 0 Å². The van der Waals surface area contributed by atoms with Gasteiger partial charge in [0.25, 0.3) is 0 Å². The Morgan fingerprint density at radius 3 is 1.89 bits per heavy atom. The Hall–Kier alpha value is -1.01. The number of alkyl halides is 1. The molecule has 0 radical (unpaired) electrons. The van der Waals surface area contributed by atoms with Crippen molar-refractivity contribution < 1.29 is 0 Å². The summed E-state index contributed by atoms with van der Waals surface area (Å²) in [6.07, 6.45) is 0. The summed E-state index contributed by atoms with van der Waals surface area (Å²) >= 11 is 6.18. The smallest absolute Gasteiger partial charge is 0.0482 e. The first-order valence-corrected chi connectivity index (χ1v) is 6.98. The molecule has 2 rings (SSSR count). The van der Waals surface area contributed by atoms with E-state index >= 15 is 0 Å². The lowest BCUT2D eigenvalue weighted by Gasteiger charge is -2.19. The van der Waals surface area contributed by atoms with E-state index in [9.17, 15) is 0 Å². The number of aryl methyl sites for hydroxylation is 3. The van der Waals surface area contributed by atoms with Crippen molar-refractivity contribution >= 4 is 22.4 Å². The fraction of sp³-hybridized carbons (Fsp3) is 0.412. The Morgan fingerprint density at radius 1 is 0.778 bits per heavy atom. The number of hydrogen-bond donors (Lipinski definition) is 0. The molecule has 0 aromatic heterocycles. The quantitative estimate of drug-likeness (QED) is 0.600. The average molecular weight is 261 g/mol. The van der Waals surface area contributed by atoms with Gasteiger partial charge in [0.05, 0.1) is 0 Å². The zero-order chi connectivity index (χ0) is 13.6. The molecule has 0 heterocycles. The molecule has 0 saturated heterocycles. The van der Waals surface area contributed by atoms with Gasteiger partial charge in [-0.15, -0.1) is 11.6 Å². The van der Waals surface area contributed by atoms with Gasteiger partial charge in [0.15, 0.2) is 0 Å². The SMILES string of the molecule is Cc1cc2c(CCl)c(C)c(C)c(C)c2c(C)c1C. The summed E-state index contributed by atoms with van der Waals surface area (Å²) in [6.45, 7) is 13.2. The average Bonchev–Trinajstić information content (AvgIpc) is 2.34. The molecular formula is C17H21Cl. The van der Waals surface area contributed by atoms with Crippen LogP contribution in [-0.4, -0.2) is 0 Å². The normalized spacial score (nSPS) is 11.3. The minimum atomic E-state index is 0.589. The van der Waals surface area contributed by atoms with Crippen LogP contribution in [0, 0.1) is 41.5 Å². The third-order valence-electron chi connectivity index (χ3n) is 4.57. The summed E-state index contributed by atoms with van der Waals surface area (Å²) in [5.74, 6) is 0.589. The molecule has 0 aliphatic heterocycles. The van der Waals surface area contributed by atoms with Gasteiger partial charge < -0.3 is 0 Å².